The molecule has 3 heterocycles. The van der Waals surface area contributed by atoms with Crippen LogP contribution in [0.15, 0.2) is 48.7 Å². The number of pyridine rings is 1. The fraction of sp³-hybridized carbons (Fsp3) is 0.190. The Morgan fingerprint density at radius 2 is 1.93 bits per heavy atom. The van der Waals surface area contributed by atoms with Crippen LogP contribution in [0.25, 0.3) is 20.7 Å². The summed E-state index contributed by atoms with van der Waals surface area (Å²) in [7, 11) is 3.65. The van der Waals surface area contributed by atoms with E-state index in [0.717, 1.165) is 32.3 Å². The summed E-state index contributed by atoms with van der Waals surface area (Å²) in [5.74, 6) is -0.683. The number of methoxy groups -OCH3 is 1. The number of nitrogens with one attached hydrogen (secondary N) is 1. The Morgan fingerprint density at radius 1 is 1.17 bits per heavy atom. The molecule has 1 aromatic carbocycles. The molecule has 0 unspecified atom stereocenters. The quantitative estimate of drug-likeness (QED) is 0.413. The summed E-state index contributed by atoms with van der Waals surface area (Å²) in [6.07, 6.45) is 1.48. The highest BCUT2D eigenvalue weighted by Gasteiger charge is 2.16. The van der Waals surface area contributed by atoms with E-state index in [-0.39, 0.29) is 5.91 Å². The molecule has 0 bridgehead atoms. The Balaban J connectivity index is 1.43. The lowest BCUT2D eigenvalue weighted by atomic mass is 10.1. The number of carbonyl (C=O) groups excluding carboxylic acids is 1. The maximum atomic E-state index is 13.0. The summed E-state index contributed by atoms with van der Waals surface area (Å²) in [5, 5.41) is 3.82. The van der Waals surface area contributed by atoms with Gasteiger partial charge >= 0.3 is 0 Å². The highest BCUT2D eigenvalue weighted by atomic mass is 32.1. The highest BCUT2D eigenvalue weighted by Crippen LogP contribution is 2.34. The first-order chi connectivity index (χ1) is 14.5. The molecule has 1 amide bonds. The molecule has 30 heavy (non-hydrogen) atoms. The van der Waals surface area contributed by atoms with E-state index in [9.17, 15) is 9.18 Å². The van der Waals surface area contributed by atoms with Crippen molar-refractivity contribution < 1.29 is 13.9 Å². The molecule has 6 nitrogen and oxygen atoms in total. The number of aromatic nitrogens is 2. The second-order valence-electron chi connectivity index (χ2n) is 6.59. The number of hydrogen-bond donors (Lipinski definition) is 1. The highest BCUT2D eigenvalue weighted by molar-refractivity contribution is 7.29. The first kappa shape index (κ1) is 20.4. The molecular weight excluding hydrogens is 423 g/mol. The van der Waals surface area contributed by atoms with Crippen LogP contribution >= 0.6 is 22.7 Å². The molecule has 0 atom stereocenters. The molecule has 4 rings (SSSR count). The predicted molar refractivity (Wildman–Crippen MR) is 120 cm³/mol. The average Bonchev–Trinajstić information content (AvgIpc) is 3.33. The standard InChI is InChI=1S/C21H19FN4O2S2/c1-26(9-10-28-2)21-25-20-17(30-21)11-16(29-20)19(27)24-15-6-3-13(4-7-15)14-5-8-18(22)23-12-14/h3-8,11-12H,9-10H2,1-2H3,(H,24,27). The minimum atomic E-state index is -0.512. The SMILES string of the molecule is COCCN(C)c1nc2sc(C(=O)Nc3ccc(-c4ccc(F)nc4)cc3)cc2s1. The van der Waals surface area contributed by atoms with E-state index in [1.54, 1.807) is 24.5 Å². The normalized spacial score (nSPS) is 11.0. The van der Waals surface area contributed by atoms with Gasteiger partial charge in [-0.15, -0.1) is 11.3 Å². The van der Waals surface area contributed by atoms with Crippen molar-refractivity contribution in [1.29, 1.82) is 0 Å². The Kier molecular flexibility index (Phi) is 6.03. The van der Waals surface area contributed by atoms with Gasteiger partial charge in [0, 0.05) is 38.1 Å². The van der Waals surface area contributed by atoms with Gasteiger partial charge < -0.3 is 15.0 Å². The van der Waals surface area contributed by atoms with Gasteiger partial charge in [0.2, 0.25) is 5.95 Å². The van der Waals surface area contributed by atoms with Gasteiger partial charge in [0.25, 0.3) is 5.91 Å². The number of fused-ring (bicyclic) bond motifs is 1. The monoisotopic (exact) mass is 442 g/mol. The minimum absolute atomic E-state index is 0.171. The molecule has 9 heteroatoms. The van der Waals surface area contributed by atoms with E-state index in [4.69, 9.17) is 4.74 Å². The number of carbonyl (C=O) groups is 1. The molecule has 0 radical (unpaired) electrons. The maximum Gasteiger partial charge on any atom is 0.265 e. The van der Waals surface area contributed by atoms with Crippen LogP contribution in [0.4, 0.5) is 15.2 Å². The van der Waals surface area contributed by atoms with E-state index in [2.05, 4.69) is 15.3 Å². The van der Waals surface area contributed by atoms with Gasteiger partial charge in [0.1, 0.15) is 4.83 Å². The van der Waals surface area contributed by atoms with E-state index < -0.39 is 5.95 Å². The summed E-state index contributed by atoms with van der Waals surface area (Å²) >= 11 is 2.93. The first-order valence-corrected chi connectivity index (χ1v) is 10.8. The van der Waals surface area contributed by atoms with Crippen molar-refractivity contribution in [1.82, 2.24) is 9.97 Å². The van der Waals surface area contributed by atoms with Crippen LogP contribution in [0.5, 0.6) is 0 Å². The number of amides is 1. The van der Waals surface area contributed by atoms with Gasteiger partial charge in [-0.25, -0.2) is 9.97 Å². The number of benzene rings is 1. The third kappa shape index (κ3) is 4.48. The predicted octanol–water partition coefficient (Wildman–Crippen LogP) is 4.89. The second kappa shape index (κ2) is 8.86. The number of thiophene rings is 1. The number of ether oxygens (including phenoxy) is 1. The summed E-state index contributed by atoms with van der Waals surface area (Å²) < 4.78 is 19.1. The van der Waals surface area contributed by atoms with Crippen LogP contribution < -0.4 is 10.2 Å². The van der Waals surface area contributed by atoms with E-state index in [1.807, 2.05) is 42.3 Å². The zero-order chi connectivity index (χ0) is 21.1. The van der Waals surface area contributed by atoms with Crippen LogP contribution in [-0.2, 0) is 4.74 Å². The fourth-order valence-corrected chi connectivity index (χ4v) is 4.90. The zero-order valence-electron chi connectivity index (χ0n) is 16.4. The topological polar surface area (TPSA) is 67.3 Å². The molecule has 4 aromatic rings. The molecule has 0 aliphatic rings. The Morgan fingerprint density at radius 3 is 2.60 bits per heavy atom. The van der Waals surface area contributed by atoms with Gasteiger partial charge in [0.15, 0.2) is 5.13 Å². The molecule has 154 valence electrons. The van der Waals surface area contributed by atoms with Crippen molar-refractivity contribution in [3.63, 3.8) is 0 Å². The Hall–Kier alpha value is -2.88. The fourth-order valence-electron chi connectivity index (χ4n) is 2.81. The summed E-state index contributed by atoms with van der Waals surface area (Å²) in [6.45, 7) is 1.39. The molecule has 0 spiro atoms. The molecule has 0 fully saturated rings. The first-order valence-electron chi connectivity index (χ1n) is 9.17. The lowest BCUT2D eigenvalue weighted by Crippen LogP contribution is -2.21. The molecule has 1 N–H and O–H groups in total. The van der Waals surface area contributed by atoms with Gasteiger partial charge in [-0.3, -0.25) is 4.79 Å². The molecule has 0 aliphatic carbocycles. The van der Waals surface area contributed by atoms with Crippen molar-refractivity contribution in [2.45, 2.75) is 0 Å². The van der Waals surface area contributed by atoms with Crippen molar-refractivity contribution in [3.8, 4) is 11.1 Å². The van der Waals surface area contributed by atoms with Crippen LogP contribution in [-0.4, -0.2) is 43.2 Å². The molecule has 0 saturated carbocycles. The lowest BCUT2D eigenvalue weighted by molar-refractivity contribution is 0.103. The number of hydrogen-bond acceptors (Lipinski definition) is 7. The van der Waals surface area contributed by atoms with Crippen molar-refractivity contribution >= 4 is 48.9 Å². The van der Waals surface area contributed by atoms with Gasteiger partial charge in [-0.1, -0.05) is 23.5 Å². The molecule has 3 aromatic heterocycles. The largest absolute Gasteiger partial charge is 0.383 e. The number of nitrogens with zero attached hydrogens (tertiary/aromatic N) is 3. The number of halogens is 1. The van der Waals surface area contributed by atoms with Gasteiger partial charge in [-0.2, -0.15) is 4.39 Å². The Labute approximate surface area is 181 Å². The van der Waals surface area contributed by atoms with Crippen molar-refractivity contribution in [2.75, 3.05) is 37.5 Å². The molecular formula is C21H19FN4O2S2. The number of rotatable bonds is 7. The van der Waals surface area contributed by atoms with E-state index in [0.29, 0.717) is 17.2 Å². The summed E-state index contributed by atoms with van der Waals surface area (Å²) in [5.41, 5.74) is 2.39. The van der Waals surface area contributed by atoms with Crippen LogP contribution in [0.1, 0.15) is 9.67 Å². The van der Waals surface area contributed by atoms with E-state index in [1.165, 1.54) is 23.6 Å². The lowest BCUT2D eigenvalue weighted by Gasteiger charge is -2.14. The Bertz CT molecular complexity index is 1120. The maximum absolute atomic E-state index is 13.0. The number of anilines is 2. The molecule has 0 saturated heterocycles. The third-order valence-electron chi connectivity index (χ3n) is 4.46. The van der Waals surface area contributed by atoms with Crippen molar-refractivity contribution in [3.05, 3.63) is 59.5 Å². The summed E-state index contributed by atoms with van der Waals surface area (Å²) in [4.78, 5) is 24.4. The molecule has 0 aliphatic heterocycles. The van der Waals surface area contributed by atoms with Crippen LogP contribution in [0.3, 0.4) is 0 Å². The third-order valence-corrected chi connectivity index (χ3v) is 6.74. The summed E-state index contributed by atoms with van der Waals surface area (Å²) in [6, 6.07) is 12.2. The van der Waals surface area contributed by atoms with Crippen LogP contribution in [0.2, 0.25) is 0 Å². The van der Waals surface area contributed by atoms with E-state index >= 15 is 0 Å². The number of likely N-dealkylation sites (N-methyl/N-ethyl adjacent to an activating group) is 1. The van der Waals surface area contributed by atoms with Crippen LogP contribution in [0, 0.1) is 5.95 Å². The average molecular weight is 443 g/mol. The van der Waals surface area contributed by atoms with Gasteiger partial charge in [0.05, 0.1) is 16.2 Å². The smallest absolute Gasteiger partial charge is 0.265 e. The van der Waals surface area contributed by atoms with Crippen molar-refractivity contribution in [2.24, 2.45) is 0 Å². The number of thiazole rings is 1. The minimum Gasteiger partial charge on any atom is -0.383 e. The second-order valence-corrected chi connectivity index (χ2v) is 8.63. The van der Waals surface area contributed by atoms with Gasteiger partial charge in [-0.05, 0) is 35.9 Å². The zero-order valence-corrected chi connectivity index (χ0v) is 18.0.